The molecule has 1 aliphatic rings. The first-order valence-electron chi connectivity index (χ1n) is 6.52. The van der Waals surface area contributed by atoms with Crippen molar-refractivity contribution in [3.8, 4) is 5.75 Å². The van der Waals surface area contributed by atoms with E-state index in [1.54, 1.807) is 12.1 Å². The molecule has 0 radical (unpaired) electrons. The van der Waals surface area contributed by atoms with Crippen LogP contribution in [0.4, 0.5) is 5.69 Å². The van der Waals surface area contributed by atoms with E-state index in [1.807, 2.05) is 12.1 Å². The maximum atomic E-state index is 11.7. The Balaban J connectivity index is 1.76. The number of nitrogens with two attached hydrogens (primary N) is 1. The van der Waals surface area contributed by atoms with Crippen molar-refractivity contribution in [2.24, 2.45) is 0 Å². The fourth-order valence-electron chi connectivity index (χ4n) is 2.27. The number of nitrogens with one attached hydrogen (secondary N) is 1. The maximum Gasteiger partial charge on any atom is 0.258 e. The van der Waals surface area contributed by atoms with Crippen LogP contribution in [0.25, 0.3) is 0 Å². The van der Waals surface area contributed by atoms with Crippen LogP contribution in [0.1, 0.15) is 32.1 Å². The highest BCUT2D eigenvalue weighted by atomic mass is 16.5. The molecule has 0 bridgehead atoms. The SMILES string of the molecule is Nc1ccccc1OCC(=O)NC1CCCCC1. The molecule has 0 aliphatic heterocycles. The molecule has 4 heteroatoms. The highest BCUT2D eigenvalue weighted by Crippen LogP contribution is 2.20. The van der Waals surface area contributed by atoms with Gasteiger partial charge in [0, 0.05) is 6.04 Å². The molecule has 0 aromatic heterocycles. The predicted molar refractivity (Wildman–Crippen MR) is 71.4 cm³/mol. The molecule has 1 fully saturated rings. The zero-order valence-electron chi connectivity index (χ0n) is 10.5. The summed E-state index contributed by atoms with van der Waals surface area (Å²) in [6.45, 7) is 0.0325. The van der Waals surface area contributed by atoms with Gasteiger partial charge in [0.1, 0.15) is 5.75 Å². The second-order valence-corrected chi connectivity index (χ2v) is 4.73. The quantitative estimate of drug-likeness (QED) is 0.802. The molecular weight excluding hydrogens is 228 g/mol. The summed E-state index contributed by atoms with van der Waals surface area (Å²) in [6.07, 6.45) is 5.86. The molecule has 0 spiro atoms. The first kappa shape index (κ1) is 12.7. The van der Waals surface area contributed by atoms with Crippen molar-refractivity contribution in [3.63, 3.8) is 0 Å². The Morgan fingerprint density at radius 2 is 2.00 bits per heavy atom. The van der Waals surface area contributed by atoms with Crippen LogP contribution in [0.3, 0.4) is 0 Å². The molecule has 0 heterocycles. The van der Waals surface area contributed by atoms with Gasteiger partial charge in [-0.15, -0.1) is 0 Å². The summed E-state index contributed by atoms with van der Waals surface area (Å²) in [5.74, 6) is 0.501. The first-order chi connectivity index (χ1) is 8.75. The van der Waals surface area contributed by atoms with Gasteiger partial charge in [0.2, 0.25) is 0 Å². The van der Waals surface area contributed by atoms with Crippen LogP contribution in [-0.4, -0.2) is 18.6 Å². The number of nitrogen functional groups attached to an aromatic ring is 1. The Morgan fingerprint density at radius 1 is 1.28 bits per heavy atom. The van der Waals surface area contributed by atoms with Crippen molar-refractivity contribution in [1.29, 1.82) is 0 Å². The molecule has 1 aromatic rings. The molecule has 2 rings (SSSR count). The molecule has 0 saturated heterocycles. The zero-order valence-corrected chi connectivity index (χ0v) is 10.5. The fourth-order valence-corrected chi connectivity index (χ4v) is 2.27. The van der Waals surface area contributed by atoms with Gasteiger partial charge in [0.05, 0.1) is 5.69 Å². The van der Waals surface area contributed by atoms with Crippen molar-refractivity contribution in [2.75, 3.05) is 12.3 Å². The Hall–Kier alpha value is -1.71. The van der Waals surface area contributed by atoms with Crippen molar-refractivity contribution in [2.45, 2.75) is 38.1 Å². The minimum absolute atomic E-state index is 0.0325. The van der Waals surface area contributed by atoms with Crippen LogP contribution in [0.15, 0.2) is 24.3 Å². The highest BCUT2D eigenvalue weighted by molar-refractivity contribution is 5.78. The van der Waals surface area contributed by atoms with Crippen LogP contribution in [0.5, 0.6) is 5.75 Å². The molecule has 0 unspecified atom stereocenters. The van der Waals surface area contributed by atoms with E-state index >= 15 is 0 Å². The van der Waals surface area contributed by atoms with Gasteiger partial charge in [-0.25, -0.2) is 0 Å². The fraction of sp³-hybridized carbons (Fsp3) is 0.500. The summed E-state index contributed by atoms with van der Waals surface area (Å²) in [7, 11) is 0. The van der Waals surface area contributed by atoms with Crippen LogP contribution >= 0.6 is 0 Å². The summed E-state index contributed by atoms with van der Waals surface area (Å²) in [5.41, 5.74) is 6.29. The maximum absolute atomic E-state index is 11.7. The molecule has 1 amide bonds. The van der Waals surface area contributed by atoms with Crippen LogP contribution in [0.2, 0.25) is 0 Å². The number of para-hydroxylation sites is 2. The minimum atomic E-state index is -0.0647. The molecule has 1 aromatic carbocycles. The summed E-state index contributed by atoms with van der Waals surface area (Å²) in [4.78, 5) is 11.7. The van der Waals surface area contributed by atoms with Gasteiger partial charge >= 0.3 is 0 Å². The zero-order chi connectivity index (χ0) is 12.8. The predicted octanol–water partition coefficient (Wildman–Crippen LogP) is 2.10. The average Bonchev–Trinajstić information content (AvgIpc) is 2.39. The van der Waals surface area contributed by atoms with Gasteiger partial charge < -0.3 is 15.8 Å². The van der Waals surface area contributed by atoms with Crippen LogP contribution in [0, 0.1) is 0 Å². The van der Waals surface area contributed by atoms with E-state index in [9.17, 15) is 4.79 Å². The van der Waals surface area contributed by atoms with Crippen LogP contribution in [-0.2, 0) is 4.79 Å². The van der Waals surface area contributed by atoms with E-state index in [2.05, 4.69) is 5.32 Å². The molecule has 18 heavy (non-hydrogen) atoms. The Labute approximate surface area is 108 Å². The number of hydrogen-bond acceptors (Lipinski definition) is 3. The van der Waals surface area contributed by atoms with E-state index in [-0.39, 0.29) is 12.5 Å². The number of hydrogen-bond donors (Lipinski definition) is 2. The molecule has 3 N–H and O–H groups in total. The molecule has 1 saturated carbocycles. The van der Waals surface area contributed by atoms with E-state index < -0.39 is 0 Å². The molecule has 4 nitrogen and oxygen atoms in total. The lowest BCUT2D eigenvalue weighted by Gasteiger charge is -2.22. The Morgan fingerprint density at radius 3 is 2.72 bits per heavy atom. The van der Waals surface area contributed by atoms with E-state index in [0.29, 0.717) is 17.5 Å². The number of carbonyl (C=O) groups excluding carboxylic acids is 1. The second kappa shape index (κ2) is 6.28. The lowest BCUT2D eigenvalue weighted by Crippen LogP contribution is -2.39. The minimum Gasteiger partial charge on any atom is -0.482 e. The van der Waals surface area contributed by atoms with Crippen molar-refractivity contribution >= 4 is 11.6 Å². The third-order valence-corrected chi connectivity index (χ3v) is 3.25. The van der Waals surface area contributed by atoms with Gasteiger partial charge in [-0.1, -0.05) is 31.4 Å². The first-order valence-corrected chi connectivity index (χ1v) is 6.52. The largest absolute Gasteiger partial charge is 0.482 e. The Bertz CT molecular complexity index is 401. The van der Waals surface area contributed by atoms with Crippen molar-refractivity contribution in [1.82, 2.24) is 5.32 Å². The second-order valence-electron chi connectivity index (χ2n) is 4.73. The summed E-state index contributed by atoms with van der Waals surface area (Å²) >= 11 is 0. The third kappa shape index (κ3) is 3.65. The third-order valence-electron chi connectivity index (χ3n) is 3.25. The molecule has 98 valence electrons. The summed E-state index contributed by atoms with van der Waals surface area (Å²) in [5, 5.41) is 3.00. The van der Waals surface area contributed by atoms with Gasteiger partial charge in [-0.2, -0.15) is 0 Å². The van der Waals surface area contributed by atoms with Gasteiger partial charge in [0.25, 0.3) is 5.91 Å². The van der Waals surface area contributed by atoms with Crippen LogP contribution < -0.4 is 15.8 Å². The van der Waals surface area contributed by atoms with E-state index in [4.69, 9.17) is 10.5 Å². The standard InChI is InChI=1S/C14H20N2O2/c15-12-8-4-5-9-13(12)18-10-14(17)16-11-6-2-1-3-7-11/h4-5,8-9,11H,1-3,6-7,10,15H2,(H,16,17). The Kier molecular flexibility index (Phi) is 4.45. The normalized spacial score (nSPS) is 16.2. The van der Waals surface area contributed by atoms with Gasteiger partial charge in [0.15, 0.2) is 6.61 Å². The number of anilines is 1. The molecule has 1 aliphatic carbocycles. The summed E-state index contributed by atoms with van der Waals surface area (Å²) in [6, 6.07) is 7.52. The van der Waals surface area contributed by atoms with Gasteiger partial charge in [-0.3, -0.25) is 4.79 Å². The highest BCUT2D eigenvalue weighted by Gasteiger charge is 2.15. The van der Waals surface area contributed by atoms with Crippen molar-refractivity contribution in [3.05, 3.63) is 24.3 Å². The summed E-state index contributed by atoms with van der Waals surface area (Å²) < 4.78 is 5.40. The number of benzene rings is 1. The lowest BCUT2D eigenvalue weighted by atomic mass is 9.95. The van der Waals surface area contributed by atoms with Gasteiger partial charge in [-0.05, 0) is 25.0 Å². The monoisotopic (exact) mass is 248 g/mol. The van der Waals surface area contributed by atoms with E-state index in [1.165, 1.54) is 19.3 Å². The molecule has 0 atom stereocenters. The number of amides is 1. The number of rotatable bonds is 4. The number of carbonyl (C=O) groups is 1. The molecular formula is C14H20N2O2. The topological polar surface area (TPSA) is 64.3 Å². The average molecular weight is 248 g/mol. The van der Waals surface area contributed by atoms with Crippen molar-refractivity contribution < 1.29 is 9.53 Å². The van der Waals surface area contributed by atoms with E-state index in [0.717, 1.165) is 12.8 Å². The lowest BCUT2D eigenvalue weighted by molar-refractivity contribution is -0.124. The smallest absolute Gasteiger partial charge is 0.258 e. The number of ether oxygens (including phenoxy) is 1.